The summed E-state index contributed by atoms with van der Waals surface area (Å²) in [4.78, 5) is 3.41. The van der Waals surface area contributed by atoms with E-state index in [0.29, 0.717) is 12.2 Å². The summed E-state index contributed by atoms with van der Waals surface area (Å²) in [6, 6.07) is 11.1. The minimum absolute atomic E-state index is 0.269. The number of para-hydroxylation sites is 1. The third kappa shape index (κ3) is 3.15. The van der Waals surface area contributed by atoms with Gasteiger partial charge >= 0.3 is 0 Å². The fourth-order valence-electron chi connectivity index (χ4n) is 2.15. The second kappa shape index (κ2) is 5.97. The molecule has 0 amide bonds. The Bertz CT molecular complexity index is 739. The molecule has 0 saturated heterocycles. The molecule has 1 aromatic carbocycles. The van der Waals surface area contributed by atoms with Gasteiger partial charge in [-0.05, 0) is 23.6 Å². The number of nitrogens with one attached hydrogen (secondary N) is 1. The Morgan fingerprint density at radius 1 is 1.19 bits per heavy atom. The lowest BCUT2D eigenvalue weighted by atomic mass is 10.3. The van der Waals surface area contributed by atoms with E-state index in [2.05, 4.69) is 21.2 Å². The number of anilines is 1. The standard InChI is InChI=1S/C14H15N3O2S2/c18-21(19)14-6-2-1-5-13(14)17(11-16-21)8-7-15-10-12-4-3-9-20-12/h1-6,9,11,15H,7-8,10H2. The van der Waals surface area contributed by atoms with Gasteiger partial charge in [0.15, 0.2) is 0 Å². The first kappa shape index (κ1) is 14.2. The van der Waals surface area contributed by atoms with Gasteiger partial charge in [0.05, 0.1) is 5.69 Å². The average Bonchev–Trinajstić information content (AvgIpc) is 2.99. The van der Waals surface area contributed by atoms with Crippen molar-refractivity contribution in [2.75, 3.05) is 18.0 Å². The molecule has 1 aliphatic heterocycles. The second-order valence-electron chi connectivity index (χ2n) is 4.61. The molecule has 0 aliphatic carbocycles. The van der Waals surface area contributed by atoms with Crippen LogP contribution in [0.3, 0.4) is 0 Å². The van der Waals surface area contributed by atoms with Gasteiger partial charge < -0.3 is 10.2 Å². The van der Waals surface area contributed by atoms with Crippen molar-refractivity contribution in [1.82, 2.24) is 5.32 Å². The zero-order valence-electron chi connectivity index (χ0n) is 11.3. The Kier molecular flexibility index (Phi) is 4.05. The van der Waals surface area contributed by atoms with Gasteiger partial charge in [-0.15, -0.1) is 15.7 Å². The number of benzene rings is 1. The van der Waals surface area contributed by atoms with Crippen LogP contribution in [0, 0.1) is 0 Å². The Labute approximate surface area is 128 Å². The van der Waals surface area contributed by atoms with Crippen molar-refractivity contribution in [2.45, 2.75) is 11.4 Å². The van der Waals surface area contributed by atoms with Crippen LogP contribution in [0.4, 0.5) is 5.69 Å². The molecule has 2 aromatic rings. The molecule has 5 nitrogen and oxygen atoms in total. The highest BCUT2D eigenvalue weighted by molar-refractivity contribution is 7.90. The van der Waals surface area contributed by atoms with Crippen molar-refractivity contribution in [1.29, 1.82) is 0 Å². The predicted octanol–water partition coefficient (Wildman–Crippen LogP) is 2.07. The maximum absolute atomic E-state index is 11.9. The fraction of sp³-hybridized carbons (Fsp3) is 0.214. The van der Waals surface area contributed by atoms with Gasteiger partial charge in [-0.3, -0.25) is 0 Å². The maximum Gasteiger partial charge on any atom is 0.285 e. The smallest absolute Gasteiger partial charge is 0.285 e. The highest BCUT2D eigenvalue weighted by Gasteiger charge is 2.24. The summed E-state index contributed by atoms with van der Waals surface area (Å²) < 4.78 is 27.4. The van der Waals surface area contributed by atoms with E-state index in [4.69, 9.17) is 0 Å². The minimum Gasteiger partial charge on any atom is -0.329 e. The van der Waals surface area contributed by atoms with Crippen molar-refractivity contribution in [3.8, 4) is 0 Å². The van der Waals surface area contributed by atoms with Crippen molar-refractivity contribution in [3.63, 3.8) is 0 Å². The van der Waals surface area contributed by atoms with Crippen LogP contribution < -0.4 is 10.2 Å². The maximum atomic E-state index is 11.9. The molecule has 1 aromatic heterocycles. The van der Waals surface area contributed by atoms with E-state index in [1.807, 2.05) is 17.0 Å². The van der Waals surface area contributed by atoms with Crippen LogP contribution >= 0.6 is 11.3 Å². The van der Waals surface area contributed by atoms with Crippen LogP contribution in [0.25, 0.3) is 0 Å². The number of hydrogen-bond acceptors (Lipinski definition) is 5. The third-order valence-corrected chi connectivity index (χ3v) is 5.34. The summed E-state index contributed by atoms with van der Waals surface area (Å²) in [6.07, 6.45) is 1.39. The molecule has 0 radical (unpaired) electrons. The van der Waals surface area contributed by atoms with Gasteiger partial charge in [-0.1, -0.05) is 18.2 Å². The van der Waals surface area contributed by atoms with E-state index in [1.54, 1.807) is 29.5 Å². The number of rotatable bonds is 5. The Morgan fingerprint density at radius 2 is 2.05 bits per heavy atom. The first-order valence-corrected chi connectivity index (χ1v) is 8.88. The summed E-state index contributed by atoms with van der Waals surface area (Å²) in [6.45, 7) is 2.24. The lowest BCUT2D eigenvalue weighted by Gasteiger charge is -2.25. The highest BCUT2D eigenvalue weighted by Crippen LogP contribution is 2.28. The Balaban J connectivity index is 1.64. The summed E-state index contributed by atoms with van der Waals surface area (Å²) in [5.41, 5.74) is 0.686. The van der Waals surface area contributed by atoms with E-state index in [1.165, 1.54) is 11.2 Å². The molecule has 1 aliphatic rings. The predicted molar refractivity (Wildman–Crippen MR) is 85.5 cm³/mol. The van der Waals surface area contributed by atoms with Crippen molar-refractivity contribution in [3.05, 3.63) is 46.7 Å². The van der Waals surface area contributed by atoms with Gasteiger partial charge in [-0.2, -0.15) is 8.42 Å². The highest BCUT2D eigenvalue weighted by atomic mass is 32.2. The molecule has 3 rings (SSSR count). The molecule has 0 bridgehead atoms. The number of nitrogens with zero attached hydrogens (tertiary/aromatic N) is 2. The first-order valence-electron chi connectivity index (χ1n) is 6.56. The van der Waals surface area contributed by atoms with E-state index in [9.17, 15) is 8.42 Å². The molecule has 0 fully saturated rings. The second-order valence-corrected chi connectivity index (χ2v) is 7.25. The molecule has 110 valence electrons. The van der Waals surface area contributed by atoms with Crippen LogP contribution in [-0.2, 0) is 16.6 Å². The molecule has 7 heteroatoms. The molecule has 2 heterocycles. The lowest BCUT2D eigenvalue weighted by molar-refractivity contribution is 0.596. The molecule has 0 atom stereocenters. The van der Waals surface area contributed by atoms with Crippen LogP contribution in [-0.4, -0.2) is 27.8 Å². The normalized spacial score (nSPS) is 15.9. The van der Waals surface area contributed by atoms with Gasteiger partial charge in [0, 0.05) is 24.5 Å². The monoisotopic (exact) mass is 321 g/mol. The van der Waals surface area contributed by atoms with Gasteiger partial charge in [0.25, 0.3) is 10.0 Å². The molecule has 21 heavy (non-hydrogen) atoms. The third-order valence-electron chi connectivity index (χ3n) is 3.19. The van der Waals surface area contributed by atoms with E-state index in [0.717, 1.165) is 13.1 Å². The topological polar surface area (TPSA) is 61.8 Å². The first-order chi connectivity index (χ1) is 10.2. The Hall–Kier alpha value is -1.70. The lowest BCUT2D eigenvalue weighted by Crippen LogP contribution is -2.33. The summed E-state index contributed by atoms with van der Waals surface area (Å²) in [7, 11) is -3.53. The molecule has 0 saturated carbocycles. The SMILES string of the molecule is O=S1(=O)N=CN(CCNCc2cccs2)c2ccccc21. The number of sulfonamides is 1. The van der Waals surface area contributed by atoms with Crippen LogP contribution in [0.5, 0.6) is 0 Å². The molecular weight excluding hydrogens is 306 g/mol. The number of hydrogen-bond donors (Lipinski definition) is 1. The molecule has 1 N–H and O–H groups in total. The number of thiophene rings is 1. The van der Waals surface area contributed by atoms with E-state index in [-0.39, 0.29) is 4.90 Å². The zero-order valence-corrected chi connectivity index (χ0v) is 12.9. The van der Waals surface area contributed by atoms with Crippen LogP contribution in [0.1, 0.15) is 4.88 Å². The van der Waals surface area contributed by atoms with E-state index >= 15 is 0 Å². The van der Waals surface area contributed by atoms with Crippen LogP contribution in [0.2, 0.25) is 0 Å². The summed E-state index contributed by atoms with van der Waals surface area (Å²) in [5.74, 6) is 0. The average molecular weight is 321 g/mol. The van der Waals surface area contributed by atoms with Gasteiger partial charge in [0.1, 0.15) is 11.2 Å². The summed E-state index contributed by atoms with van der Waals surface area (Å²) in [5, 5.41) is 5.40. The van der Waals surface area contributed by atoms with Gasteiger partial charge in [-0.25, -0.2) is 0 Å². The largest absolute Gasteiger partial charge is 0.329 e. The van der Waals surface area contributed by atoms with Crippen LogP contribution in [0.15, 0.2) is 51.1 Å². The quantitative estimate of drug-likeness (QED) is 0.857. The number of fused-ring (bicyclic) bond motifs is 1. The summed E-state index contributed by atoms with van der Waals surface area (Å²) >= 11 is 1.72. The Morgan fingerprint density at radius 3 is 2.86 bits per heavy atom. The zero-order chi connectivity index (χ0) is 14.7. The van der Waals surface area contributed by atoms with Crippen molar-refractivity contribution < 1.29 is 8.42 Å². The van der Waals surface area contributed by atoms with E-state index < -0.39 is 10.0 Å². The van der Waals surface area contributed by atoms with Gasteiger partial charge in [0.2, 0.25) is 0 Å². The molecule has 0 spiro atoms. The van der Waals surface area contributed by atoms with Crippen molar-refractivity contribution in [2.24, 2.45) is 4.40 Å². The molecule has 0 unspecified atom stereocenters. The minimum atomic E-state index is -3.53. The fourth-order valence-corrected chi connectivity index (χ4v) is 3.88. The van der Waals surface area contributed by atoms with Crippen molar-refractivity contribution >= 4 is 33.4 Å². The molecular formula is C14H15N3O2S2.